The van der Waals surface area contributed by atoms with Crippen molar-refractivity contribution in [3.63, 3.8) is 0 Å². The van der Waals surface area contributed by atoms with Crippen molar-refractivity contribution in [2.75, 3.05) is 19.5 Å². The summed E-state index contributed by atoms with van der Waals surface area (Å²) in [5.41, 5.74) is 3.43. The van der Waals surface area contributed by atoms with E-state index >= 15 is 0 Å². The van der Waals surface area contributed by atoms with Gasteiger partial charge in [-0.15, -0.1) is 0 Å². The first-order chi connectivity index (χ1) is 15.6. The Kier molecular flexibility index (Phi) is 6.37. The molecule has 1 amide bonds. The van der Waals surface area contributed by atoms with E-state index in [1.807, 2.05) is 30.3 Å². The molecule has 162 valence electrons. The van der Waals surface area contributed by atoms with E-state index in [0.717, 1.165) is 16.7 Å². The van der Waals surface area contributed by atoms with Crippen LogP contribution in [0.5, 0.6) is 11.5 Å². The summed E-state index contributed by atoms with van der Waals surface area (Å²) in [5.74, 6) is 1.11. The molecule has 0 radical (unpaired) electrons. The van der Waals surface area contributed by atoms with Crippen molar-refractivity contribution in [3.8, 4) is 33.9 Å². The van der Waals surface area contributed by atoms with Gasteiger partial charge in [-0.1, -0.05) is 35.0 Å². The highest BCUT2D eigenvalue weighted by Crippen LogP contribution is 2.40. The number of nitrogens with zero attached hydrogens (tertiary/aromatic N) is 2. The molecule has 0 saturated heterocycles. The highest BCUT2D eigenvalue weighted by molar-refractivity contribution is 6.31. The zero-order valence-electron chi connectivity index (χ0n) is 17.5. The van der Waals surface area contributed by atoms with Crippen LogP contribution in [0.15, 0.2) is 71.5 Å². The number of benzene rings is 2. The van der Waals surface area contributed by atoms with Crippen LogP contribution in [0.25, 0.3) is 22.4 Å². The van der Waals surface area contributed by atoms with Gasteiger partial charge in [-0.2, -0.15) is 0 Å². The standard InChI is InChI=1S/C24H20ClN3O4/c1-30-19-8-7-17(13-20(19)31-2)23-22(15-9-11-26-12-10-15)24(32-28-23)27-21(29)14-16-5-3-4-6-18(16)25/h3-13H,14H2,1-2H3,(H,27,29). The van der Waals surface area contributed by atoms with Crippen molar-refractivity contribution in [1.29, 1.82) is 0 Å². The fourth-order valence-corrected chi connectivity index (χ4v) is 3.53. The van der Waals surface area contributed by atoms with Crippen LogP contribution in [0.3, 0.4) is 0 Å². The molecule has 7 nitrogen and oxygen atoms in total. The van der Waals surface area contributed by atoms with E-state index in [9.17, 15) is 4.79 Å². The van der Waals surface area contributed by atoms with Gasteiger partial charge in [0.15, 0.2) is 11.5 Å². The van der Waals surface area contributed by atoms with Crippen molar-refractivity contribution >= 4 is 23.4 Å². The largest absolute Gasteiger partial charge is 0.493 e. The van der Waals surface area contributed by atoms with E-state index < -0.39 is 0 Å². The molecule has 0 spiro atoms. The van der Waals surface area contributed by atoms with Crippen LogP contribution in [0.2, 0.25) is 5.02 Å². The van der Waals surface area contributed by atoms with Crippen LogP contribution in [-0.2, 0) is 11.2 Å². The number of carbonyl (C=O) groups excluding carboxylic acids is 1. The Bertz CT molecular complexity index is 1240. The average molecular weight is 450 g/mol. The smallest absolute Gasteiger partial charge is 0.239 e. The second kappa shape index (κ2) is 9.53. The number of hydrogen-bond acceptors (Lipinski definition) is 6. The predicted octanol–water partition coefficient (Wildman–Crippen LogP) is 5.26. The second-order valence-electron chi connectivity index (χ2n) is 6.86. The van der Waals surface area contributed by atoms with Gasteiger partial charge in [0.1, 0.15) is 5.69 Å². The van der Waals surface area contributed by atoms with E-state index in [2.05, 4.69) is 15.5 Å². The van der Waals surface area contributed by atoms with E-state index in [1.165, 1.54) is 0 Å². The third-order valence-corrected chi connectivity index (χ3v) is 5.25. The maximum absolute atomic E-state index is 12.7. The zero-order valence-corrected chi connectivity index (χ0v) is 18.2. The van der Waals surface area contributed by atoms with Crippen molar-refractivity contribution in [1.82, 2.24) is 10.1 Å². The predicted molar refractivity (Wildman–Crippen MR) is 122 cm³/mol. The van der Waals surface area contributed by atoms with Gasteiger partial charge in [-0.25, -0.2) is 0 Å². The first-order valence-corrected chi connectivity index (χ1v) is 10.1. The summed E-state index contributed by atoms with van der Waals surface area (Å²) in [6, 6.07) is 16.3. The Morgan fingerprint density at radius 1 is 1.00 bits per heavy atom. The molecule has 0 saturated carbocycles. The molecule has 4 aromatic rings. The Hall–Kier alpha value is -3.84. The molecule has 0 fully saturated rings. The summed E-state index contributed by atoms with van der Waals surface area (Å²) in [6.07, 6.45) is 3.42. The van der Waals surface area contributed by atoms with Crippen LogP contribution in [0.1, 0.15) is 5.56 Å². The number of anilines is 1. The van der Waals surface area contributed by atoms with E-state index in [1.54, 1.807) is 50.9 Å². The molecule has 1 N–H and O–H groups in total. The number of aromatic nitrogens is 2. The van der Waals surface area contributed by atoms with Crippen LogP contribution in [-0.4, -0.2) is 30.3 Å². The topological polar surface area (TPSA) is 86.5 Å². The van der Waals surface area contributed by atoms with Gasteiger partial charge in [0.05, 0.1) is 26.2 Å². The maximum atomic E-state index is 12.7. The number of pyridine rings is 1. The molecular weight excluding hydrogens is 430 g/mol. The first-order valence-electron chi connectivity index (χ1n) is 9.76. The molecule has 0 unspecified atom stereocenters. The summed E-state index contributed by atoms with van der Waals surface area (Å²) >= 11 is 6.19. The molecular formula is C24H20ClN3O4. The number of ether oxygens (including phenoxy) is 2. The minimum atomic E-state index is -0.275. The van der Waals surface area contributed by atoms with Crippen molar-refractivity contribution in [3.05, 3.63) is 77.6 Å². The van der Waals surface area contributed by atoms with Crippen LogP contribution < -0.4 is 14.8 Å². The zero-order chi connectivity index (χ0) is 22.5. The second-order valence-corrected chi connectivity index (χ2v) is 7.26. The quantitative estimate of drug-likeness (QED) is 0.414. The maximum Gasteiger partial charge on any atom is 0.239 e. The van der Waals surface area contributed by atoms with Crippen molar-refractivity contribution < 1.29 is 18.8 Å². The van der Waals surface area contributed by atoms with Gasteiger partial charge in [-0.3, -0.25) is 15.1 Å². The molecule has 0 aliphatic rings. The molecule has 2 aromatic heterocycles. The van der Waals surface area contributed by atoms with Crippen LogP contribution in [0, 0.1) is 0 Å². The van der Waals surface area contributed by atoms with Gasteiger partial charge in [0.25, 0.3) is 0 Å². The van der Waals surface area contributed by atoms with Gasteiger partial charge < -0.3 is 14.0 Å². The Morgan fingerprint density at radius 2 is 1.75 bits per heavy atom. The number of rotatable bonds is 7. The third-order valence-electron chi connectivity index (χ3n) is 4.88. The lowest BCUT2D eigenvalue weighted by molar-refractivity contribution is -0.115. The summed E-state index contributed by atoms with van der Waals surface area (Å²) in [4.78, 5) is 16.8. The molecule has 0 aliphatic carbocycles. The van der Waals surface area contributed by atoms with Gasteiger partial charge in [0, 0.05) is 23.0 Å². The average Bonchev–Trinajstić information content (AvgIpc) is 3.24. The number of halogens is 1. The third kappa shape index (κ3) is 4.43. The summed E-state index contributed by atoms with van der Waals surface area (Å²) in [6.45, 7) is 0. The lowest BCUT2D eigenvalue weighted by Gasteiger charge is -2.10. The normalized spacial score (nSPS) is 10.6. The monoisotopic (exact) mass is 449 g/mol. The van der Waals surface area contributed by atoms with Gasteiger partial charge >= 0.3 is 0 Å². The highest BCUT2D eigenvalue weighted by Gasteiger charge is 2.22. The fourth-order valence-electron chi connectivity index (χ4n) is 3.33. The molecule has 2 aromatic carbocycles. The SMILES string of the molecule is COc1ccc(-c2noc(NC(=O)Cc3ccccc3Cl)c2-c2ccncc2)cc1OC. The number of methoxy groups -OCH3 is 2. The number of carbonyl (C=O) groups is 1. The van der Waals surface area contributed by atoms with Crippen molar-refractivity contribution in [2.45, 2.75) is 6.42 Å². The molecule has 0 bridgehead atoms. The van der Waals surface area contributed by atoms with Crippen LogP contribution >= 0.6 is 11.6 Å². The molecule has 32 heavy (non-hydrogen) atoms. The number of amides is 1. The molecule has 4 rings (SSSR count). The first kappa shape index (κ1) is 21.4. The lowest BCUT2D eigenvalue weighted by Crippen LogP contribution is -2.14. The van der Waals surface area contributed by atoms with Gasteiger partial charge in [0.2, 0.25) is 11.8 Å². The van der Waals surface area contributed by atoms with E-state index in [-0.39, 0.29) is 18.2 Å². The van der Waals surface area contributed by atoms with E-state index in [0.29, 0.717) is 27.8 Å². The minimum Gasteiger partial charge on any atom is -0.493 e. The highest BCUT2D eigenvalue weighted by atomic mass is 35.5. The van der Waals surface area contributed by atoms with Gasteiger partial charge in [-0.05, 0) is 47.5 Å². The molecule has 2 heterocycles. The Morgan fingerprint density at radius 3 is 2.47 bits per heavy atom. The number of nitrogens with one attached hydrogen (secondary N) is 1. The minimum absolute atomic E-state index is 0.0991. The lowest BCUT2D eigenvalue weighted by atomic mass is 10.0. The van der Waals surface area contributed by atoms with E-state index in [4.69, 9.17) is 25.6 Å². The Labute approximate surface area is 189 Å². The van der Waals surface area contributed by atoms with Crippen molar-refractivity contribution in [2.24, 2.45) is 0 Å². The molecule has 0 aliphatic heterocycles. The Balaban J connectivity index is 1.72. The molecule has 0 atom stereocenters. The number of hydrogen-bond donors (Lipinski definition) is 1. The summed E-state index contributed by atoms with van der Waals surface area (Å²) in [7, 11) is 3.14. The molecule has 8 heteroatoms. The summed E-state index contributed by atoms with van der Waals surface area (Å²) < 4.78 is 16.3. The summed E-state index contributed by atoms with van der Waals surface area (Å²) in [5, 5.41) is 7.59. The van der Waals surface area contributed by atoms with Crippen LogP contribution in [0.4, 0.5) is 5.88 Å². The fraction of sp³-hybridized carbons (Fsp3) is 0.125.